The third kappa shape index (κ3) is 3.59. The Bertz CT molecular complexity index is 994. The van der Waals surface area contributed by atoms with E-state index < -0.39 is 0 Å². The van der Waals surface area contributed by atoms with Gasteiger partial charge in [-0.25, -0.2) is 4.98 Å². The summed E-state index contributed by atoms with van der Waals surface area (Å²) in [4.78, 5) is 22.4. The average Bonchev–Trinajstić information content (AvgIpc) is 2.96. The topological polar surface area (TPSA) is 76.2 Å². The number of aromatic nitrogens is 2. The smallest absolute Gasteiger partial charge is 0.258 e. The van der Waals surface area contributed by atoms with Crippen LogP contribution in [0.15, 0.2) is 23.0 Å². The Balaban J connectivity index is 1.86. The molecule has 1 aromatic carbocycles. The van der Waals surface area contributed by atoms with Gasteiger partial charge in [-0.05, 0) is 38.5 Å². The highest BCUT2D eigenvalue weighted by molar-refractivity contribution is 7.12. The number of aromatic amines is 1. The number of fused-ring (bicyclic) bond motifs is 1. The normalized spacial score (nSPS) is 12.3. The SMILES string of the molecule is COc1cc2nc(CNC(C)c3cc(C)sc3C)[nH]c(=O)c2cc1OC. The molecule has 0 fully saturated rings. The summed E-state index contributed by atoms with van der Waals surface area (Å²) in [7, 11) is 3.10. The molecule has 26 heavy (non-hydrogen) atoms. The largest absolute Gasteiger partial charge is 0.493 e. The van der Waals surface area contributed by atoms with Crippen LogP contribution in [0.2, 0.25) is 0 Å². The molecule has 6 nitrogen and oxygen atoms in total. The molecular formula is C19H23N3O3S. The fourth-order valence-corrected chi connectivity index (χ4v) is 4.06. The molecule has 1 unspecified atom stereocenters. The molecule has 0 aliphatic rings. The van der Waals surface area contributed by atoms with Crippen LogP contribution < -0.4 is 20.3 Å². The van der Waals surface area contributed by atoms with Crippen LogP contribution in [0.1, 0.15) is 34.1 Å². The zero-order chi connectivity index (χ0) is 18.8. The molecule has 2 N–H and O–H groups in total. The molecular weight excluding hydrogens is 350 g/mol. The Morgan fingerprint density at radius 3 is 2.50 bits per heavy atom. The van der Waals surface area contributed by atoms with Crippen molar-refractivity contribution in [3.05, 3.63) is 49.7 Å². The van der Waals surface area contributed by atoms with Gasteiger partial charge in [-0.15, -0.1) is 11.3 Å². The summed E-state index contributed by atoms with van der Waals surface area (Å²) in [6, 6.07) is 5.75. The molecule has 3 rings (SSSR count). The van der Waals surface area contributed by atoms with Gasteiger partial charge in [0.25, 0.3) is 5.56 Å². The standard InChI is InChI=1S/C19H23N3O3S/c1-10-6-13(12(3)26-10)11(2)20-9-18-21-15-8-17(25-5)16(24-4)7-14(15)19(23)22-18/h6-8,11,20H,9H2,1-5H3,(H,21,22,23). The molecule has 0 spiro atoms. The highest BCUT2D eigenvalue weighted by Crippen LogP contribution is 2.30. The molecule has 0 saturated carbocycles. The van der Waals surface area contributed by atoms with E-state index in [2.05, 4.69) is 42.1 Å². The van der Waals surface area contributed by atoms with Crippen molar-refractivity contribution in [2.75, 3.05) is 14.2 Å². The van der Waals surface area contributed by atoms with E-state index >= 15 is 0 Å². The third-order valence-electron chi connectivity index (χ3n) is 4.38. The third-order valence-corrected chi connectivity index (χ3v) is 5.36. The number of hydrogen-bond donors (Lipinski definition) is 2. The first-order valence-electron chi connectivity index (χ1n) is 8.38. The van der Waals surface area contributed by atoms with Gasteiger partial charge in [0.05, 0.1) is 31.7 Å². The monoisotopic (exact) mass is 373 g/mol. The van der Waals surface area contributed by atoms with Crippen LogP contribution in [0.25, 0.3) is 10.9 Å². The second-order valence-corrected chi connectivity index (χ2v) is 7.67. The number of nitrogens with one attached hydrogen (secondary N) is 2. The predicted molar refractivity (Wildman–Crippen MR) is 105 cm³/mol. The number of aryl methyl sites for hydroxylation is 2. The minimum atomic E-state index is -0.192. The highest BCUT2D eigenvalue weighted by atomic mass is 32.1. The maximum absolute atomic E-state index is 12.4. The first-order valence-corrected chi connectivity index (χ1v) is 9.19. The van der Waals surface area contributed by atoms with Crippen molar-refractivity contribution in [2.45, 2.75) is 33.4 Å². The van der Waals surface area contributed by atoms with Crippen molar-refractivity contribution < 1.29 is 9.47 Å². The maximum Gasteiger partial charge on any atom is 0.258 e. The number of hydrogen-bond acceptors (Lipinski definition) is 6. The van der Waals surface area contributed by atoms with Crippen molar-refractivity contribution >= 4 is 22.2 Å². The number of H-pyrrole nitrogens is 1. The van der Waals surface area contributed by atoms with Gasteiger partial charge in [0.1, 0.15) is 5.82 Å². The molecule has 3 aromatic rings. The molecule has 138 valence electrons. The fourth-order valence-electron chi connectivity index (χ4n) is 3.04. The van der Waals surface area contributed by atoms with Crippen LogP contribution in [-0.4, -0.2) is 24.2 Å². The number of ether oxygens (including phenoxy) is 2. The van der Waals surface area contributed by atoms with Crippen LogP contribution in [0.5, 0.6) is 11.5 Å². The summed E-state index contributed by atoms with van der Waals surface area (Å²) in [5.41, 5.74) is 1.67. The van der Waals surface area contributed by atoms with Crippen molar-refractivity contribution in [3.63, 3.8) is 0 Å². The molecule has 0 bridgehead atoms. The summed E-state index contributed by atoms with van der Waals surface area (Å²) >= 11 is 1.79. The number of nitrogens with zero attached hydrogens (tertiary/aromatic N) is 1. The van der Waals surface area contributed by atoms with E-state index in [0.29, 0.717) is 34.8 Å². The lowest BCUT2D eigenvalue weighted by Crippen LogP contribution is -2.22. The van der Waals surface area contributed by atoms with E-state index in [1.54, 1.807) is 37.7 Å². The predicted octanol–water partition coefficient (Wildman–Crippen LogP) is 3.47. The van der Waals surface area contributed by atoms with E-state index in [1.807, 2.05) is 0 Å². The lowest BCUT2D eigenvalue weighted by Gasteiger charge is -2.14. The quantitative estimate of drug-likeness (QED) is 0.692. The van der Waals surface area contributed by atoms with Crippen molar-refractivity contribution in [3.8, 4) is 11.5 Å². The maximum atomic E-state index is 12.4. The summed E-state index contributed by atoms with van der Waals surface area (Å²) in [6.45, 7) is 6.81. The summed E-state index contributed by atoms with van der Waals surface area (Å²) in [5.74, 6) is 1.65. The minimum absolute atomic E-state index is 0.173. The zero-order valence-electron chi connectivity index (χ0n) is 15.6. The molecule has 0 amide bonds. The molecule has 0 radical (unpaired) electrons. The molecule has 0 aliphatic heterocycles. The molecule has 0 saturated heterocycles. The van der Waals surface area contributed by atoms with Crippen LogP contribution in [0.4, 0.5) is 0 Å². The Morgan fingerprint density at radius 2 is 1.88 bits per heavy atom. The van der Waals surface area contributed by atoms with Gasteiger partial charge in [0.15, 0.2) is 11.5 Å². The lowest BCUT2D eigenvalue weighted by atomic mass is 10.1. The van der Waals surface area contributed by atoms with Crippen LogP contribution in [0, 0.1) is 13.8 Å². The van der Waals surface area contributed by atoms with Crippen LogP contribution >= 0.6 is 11.3 Å². The number of rotatable bonds is 6. The van der Waals surface area contributed by atoms with Gasteiger partial charge in [-0.2, -0.15) is 0 Å². The summed E-state index contributed by atoms with van der Waals surface area (Å²) in [6.07, 6.45) is 0. The van der Waals surface area contributed by atoms with Gasteiger partial charge in [-0.3, -0.25) is 4.79 Å². The second kappa shape index (κ2) is 7.47. The van der Waals surface area contributed by atoms with Gasteiger partial charge in [-0.1, -0.05) is 0 Å². The number of methoxy groups -OCH3 is 2. The van der Waals surface area contributed by atoms with Gasteiger partial charge in [0, 0.05) is 21.9 Å². The molecule has 1 atom stereocenters. The Hall–Kier alpha value is -2.38. The van der Waals surface area contributed by atoms with E-state index in [0.717, 1.165) is 0 Å². The summed E-state index contributed by atoms with van der Waals surface area (Å²) < 4.78 is 10.6. The fraction of sp³-hybridized carbons (Fsp3) is 0.368. The van der Waals surface area contributed by atoms with Crippen molar-refractivity contribution in [1.82, 2.24) is 15.3 Å². The van der Waals surface area contributed by atoms with Crippen molar-refractivity contribution in [2.24, 2.45) is 0 Å². The molecule has 2 heterocycles. The van der Waals surface area contributed by atoms with Crippen LogP contribution in [-0.2, 0) is 6.54 Å². The van der Waals surface area contributed by atoms with E-state index in [-0.39, 0.29) is 11.6 Å². The van der Waals surface area contributed by atoms with E-state index in [9.17, 15) is 4.79 Å². The number of thiophene rings is 1. The second-order valence-electron chi connectivity index (χ2n) is 6.21. The van der Waals surface area contributed by atoms with Gasteiger partial charge < -0.3 is 19.8 Å². The van der Waals surface area contributed by atoms with Gasteiger partial charge in [0.2, 0.25) is 0 Å². The molecule has 0 aliphatic carbocycles. The Labute approximate surface area is 156 Å². The lowest BCUT2D eigenvalue weighted by molar-refractivity contribution is 0.355. The Morgan fingerprint density at radius 1 is 1.19 bits per heavy atom. The van der Waals surface area contributed by atoms with E-state index in [1.165, 1.54) is 15.3 Å². The Kier molecular flexibility index (Phi) is 5.29. The average molecular weight is 373 g/mol. The summed E-state index contributed by atoms with van der Waals surface area (Å²) in [5, 5.41) is 3.91. The van der Waals surface area contributed by atoms with Crippen molar-refractivity contribution in [1.29, 1.82) is 0 Å². The van der Waals surface area contributed by atoms with E-state index in [4.69, 9.17) is 9.47 Å². The number of benzene rings is 1. The molecule has 7 heteroatoms. The minimum Gasteiger partial charge on any atom is -0.493 e. The molecule has 2 aromatic heterocycles. The van der Waals surface area contributed by atoms with Gasteiger partial charge >= 0.3 is 0 Å². The van der Waals surface area contributed by atoms with Crippen LogP contribution in [0.3, 0.4) is 0 Å². The first-order chi connectivity index (χ1) is 12.4. The first kappa shape index (κ1) is 18.4. The highest BCUT2D eigenvalue weighted by Gasteiger charge is 2.13. The zero-order valence-corrected chi connectivity index (χ0v) is 16.4.